The smallest absolute Gasteiger partial charge is 0.270 e. The Morgan fingerprint density at radius 3 is 2.90 bits per heavy atom. The number of hydrogen-bond donors (Lipinski definition) is 1. The molecule has 0 aromatic carbocycles. The van der Waals surface area contributed by atoms with Crippen LogP contribution in [0, 0.1) is 18.3 Å². The van der Waals surface area contributed by atoms with Crippen molar-refractivity contribution in [1.82, 2.24) is 5.09 Å². The zero-order valence-corrected chi connectivity index (χ0v) is 6.73. The molecule has 1 heterocycles. The normalized spacial score (nSPS) is 39.4. The lowest BCUT2D eigenvalue weighted by Crippen LogP contribution is -2.04. The third kappa shape index (κ3) is 1.41. The van der Waals surface area contributed by atoms with Crippen molar-refractivity contribution < 1.29 is 9.09 Å². The average molecular weight is 159 g/mol. The molecule has 2 unspecified atom stereocenters. The first kappa shape index (κ1) is 7.81. The first-order valence-electron chi connectivity index (χ1n) is 3.09. The lowest BCUT2D eigenvalue weighted by Gasteiger charge is -2.05. The SMILES string of the molecule is C#CC1COP(=O)(NC)C1. The highest BCUT2D eigenvalue weighted by atomic mass is 31.2. The van der Waals surface area contributed by atoms with E-state index in [1.807, 2.05) is 0 Å². The molecular formula is C6H10NO2P. The molecule has 1 N–H and O–H groups in total. The molecule has 0 amide bonds. The van der Waals surface area contributed by atoms with Crippen LogP contribution in [0.15, 0.2) is 0 Å². The lowest BCUT2D eigenvalue weighted by molar-refractivity contribution is 0.328. The molecule has 0 saturated carbocycles. The topological polar surface area (TPSA) is 38.3 Å². The van der Waals surface area contributed by atoms with Gasteiger partial charge < -0.3 is 4.52 Å². The third-order valence-corrected chi connectivity index (χ3v) is 3.69. The lowest BCUT2D eigenvalue weighted by atomic mass is 10.2. The van der Waals surface area contributed by atoms with E-state index in [1.54, 1.807) is 7.05 Å². The van der Waals surface area contributed by atoms with Crippen molar-refractivity contribution in [3.63, 3.8) is 0 Å². The summed E-state index contributed by atoms with van der Waals surface area (Å²) in [6.07, 6.45) is 5.60. The van der Waals surface area contributed by atoms with Crippen LogP contribution in [0.4, 0.5) is 0 Å². The number of nitrogens with one attached hydrogen (secondary N) is 1. The zero-order chi connectivity index (χ0) is 7.61. The van der Waals surface area contributed by atoms with Gasteiger partial charge in [0.25, 0.3) is 7.52 Å². The Kier molecular flexibility index (Phi) is 2.15. The summed E-state index contributed by atoms with van der Waals surface area (Å²) in [6, 6.07) is 0. The minimum absolute atomic E-state index is 0.0262. The van der Waals surface area contributed by atoms with Crippen molar-refractivity contribution in [1.29, 1.82) is 0 Å². The Labute approximate surface area is 60.7 Å². The fraction of sp³-hybridized carbons (Fsp3) is 0.667. The number of terminal acetylenes is 1. The Bertz CT molecular complexity index is 208. The molecule has 0 aliphatic carbocycles. The first-order valence-corrected chi connectivity index (χ1v) is 4.90. The van der Waals surface area contributed by atoms with Gasteiger partial charge in [-0.1, -0.05) is 0 Å². The van der Waals surface area contributed by atoms with Crippen molar-refractivity contribution >= 4 is 7.52 Å². The maximum absolute atomic E-state index is 11.3. The van der Waals surface area contributed by atoms with Gasteiger partial charge in [0.05, 0.1) is 18.7 Å². The van der Waals surface area contributed by atoms with Gasteiger partial charge in [0.2, 0.25) is 0 Å². The van der Waals surface area contributed by atoms with Crippen LogP contribution in [-0.2, 0) is 9.09 Å². The van der Waals surface area contributed by atoms with E-state index in [0.717, 1.165) is 0 Å². The third-order valence-electron chi connectivity index (χ3n) is 1.52. The van der Waals surface area contributed by atoms with Gasteiger partial charge in [-0.25, -0.2) is 5.09 Å². The molecule has 1 saturated heterocycles. The van der Waals surface area contributed by atoms with Gasteiger partial charge in [-0.2, -0.15) is 0 Å². The molecule has 0 bridgehead atoms. The Balaban J connectivity index is 2.60. The van der Waals surface area contributed by atoms with Gasteiger partial charge in [-0.3, -0.25) is 4.57 Å². The maximum Gasteiger partial charge on any atom is 0.270 e. The summed E-state index contributed by atoms with van der Waals surface area (Å²) in [7, 11) is -0.891. The zero-order valence-electron chi connectivity index (χ0n) is 5.83. The minimum atomic E-state index is -2.52. The Morgan fingerprint density at radius 1 is 1.90 bits per heavy atom. The van der Waals surface area contributed by atoms with E-state index in [4.69, 9.17) is 10.9 Å². The molecule has 10 heavy (non-hydrogen) atoms. The summed E-state index contributed by atoms with van der Waals surface area (Å²) in [5, 5.41) is 2.64. The monoisotopic (exact) mass is 159 g/mol. The van der Waals surface area contributed by atoms with Crippen LogP contribution in [0.2, 0.25) is 0 Å². The minimum Gasteiger partial charge on any atom is -0.316 e. The number of hydrogen-bond acceptors (Lipinski definition) is 2. The molecule has 56 valence electrons. The fourth-order valence-corrected chi connectivity index (χ4v) is 2.49. The molecule has 0 spiro atoms. The molecule has 3 nitrogen and oxygen atoms in total. The van der Waals surface area contributed by atoms with Crippen LogP contribution in [0.1, 0.15) is 0 Å². The maximum atomic E-state index is 11.3. The van der Waals surface area contributed by atoms with Gasteiger partial charge in [0.15, 0.2) is 0 Å². The largest absolute Gasteiger partial charge is 0.316 e. The molecule has 2 atom stereocenters. The second kappa shape index (κ2) is 2.75. The fourth-order valence-electron chi connectivity index (χ4n) is 0.863. The average Bonchev–Trinajstić information content (AvgIpc) is 2.33. The molecule has 0 aromatic rings. The van der Waals surface area contributed by atoms with Crippen molar-refractivity contribution in [2.45, 2.75) is 0 Å². The van der Waals surface area contributed by atoms with Crippen molar-refractivity contribution in [2.75, 3.05) is 19.8 Å². The van der Waals surface area contributed by atoms with Crippen LogP contribution in [0.25, 0.3) is 0 Å². The molecule has 1 fully saturated rings. The molecule has 1 aliphatic rings. The second-order valence-electron chi connectivity index (χ2n) is 2.24. The van der Waals surface area contributed by atoms with Crippen molar-refractivity contribution in [3.05, 3.63) is 0 Å². The van der Waals surface area contributed by atoms with Crippen LogP contribution in [-0.4, -0.2) is 19.8 Å². The first-order chi connectivity index (χ1) is 4.70. The van der Waals surface area contributed by atoms with E-state index in [1.165, 1.54) is 0 Å². The van der Waals surface area contributed by atoms with Gasteiger partial charge in [-0.05, 0) is 7.05 Å². The summed E-state index contributed by atoms with van der Waals surface area (Å²) in [4.78, 5) is 0. The quantitative estimate of drug-likeness (QED) is 0.451. The highest BCUT2D eigenvalue weighted by molar-refractivity contribution is 7.57. The molecule has 1 aliphatic heterocycles. The summed E-state index contributed by atoms with van der Waals surface area (Å²) in [5.41, 5.74) is 0. The highest BCUT2D eigenvalue weighted by Gasteiger charge is 2.32. The van der Waals surface area contributed by atoms with E-state index < -0.39 is 7.52 Å². The molecule has 0 radical (unpaired) electrons. The predicted molar refractivity (Wildman–Crippen MR) is 39.8 cm³/mol. The van der Waals surface area contributed by atoms with Gasteiger partial charge >= 0.3 is 0 Å². The van der Waals surface area contributed by atoms with Crippen LogP contribution in [0.5, 0.6) is 0 Å². The molecule has 0 aromatic heterocycles. The molecule has 1 rings (SSSR count). The summed E-state index contributed by atoms with van der Waals surface area (Å²) < 4.78 is 16.3. The Morgan fingerprint density at radius 2 is 2.60 bits per heavy atom. The standard InChI is InChI=1S/C6H10NO2P/c1-3-6-4-9-10(8,5-6)7-2/h1,6H,4-5H2,2H3,(H,7,8). The number of rotatable bonds is 1. The van der Waals surface area contributed by atoms with Gasteiger partial charge in [0.1, 0.15) is 0 Å². The highest BCUT2D eigenvalue weighted by Crippen LogP contribution is 2.48. The van der Waals surface area contributed by atoms with Crippen LogP contribution in [0.3, 0.4) is 0 Å². The Hall–Kier alpha value is -0.290. The van der Waals surface area contributed by atoms with Crippen LogP contribution < -0.4 is 5.09 Å². The van der Waals surface area contributed by atoms with E-state index in [-0.39, 0.29) is 5.92 Å². The van der Waals surface area contributed by atoms with Gasteiger partial charge in [-0.15, -0.1) is 12.3 Å². The van der Waals surface area contributed by atoms with E-state index in [2.05, 4.69) is 11.0 Å². The molecule has 4 heteroatoms. The molecular weight excluding hydrogens is 149 g/mol. The van der Waals surface area contributed by atoms with Crippen molar-refractivity contribution in [2.24, 2.45) is 5.92 Å². The van der Waals surface area contributed by atoms with E-state index in [9.17, 15) is 4.57 Å². The summed E-state index contributed by atoms with van der Waals surface area (Å²) in [5.74, 6) is 2.54. The predicted octanol–water partition coefficient (Wildman–Crippen LogP) is 0.678. The summed E-state index contributed by atoms with van der Waals surface area (Å²) in [6.45, 7) is 0.425. The summed E-state index contributed by atoms with van der Waals surface area (Å²) >= 11 is 0. The van der Waals surface area contributed by atoms with Gasteiger partial charge in [0, 0.05) is 0 Å². The van der Waals surface area contributed by atoms with E-state index >= 15 is 0 Å². The van der Waals surface area contributed by atoms with Crippen molar-refractivity contribution in [3.8, 4) is 12.3 Å². The van der Waals surface area contributed by atoms with Crippen LogP contribution >= 0.6 is 7.52 Å². The van der Waals surface area contributed by atoms with E-state index in [0.29, 0.717) is 12.8 Å². The second-order valence-corrected chi connectivity index (χ2v) is 4.66.